The number of hydrogen-bond donors (Lipinski definition) is 1. The molecule has 112 valence electrons. The first-order valence-electron chi connectivity index (χ1n) is 7.96. The molecule has 0 bridgehead atoms. The van der Waals surface area contributed by atoms with Crippen LogP contribution in [0.3, 0.4) is 0 Å². The Bertz CT molecular complexity index is 442. The molecule has 0 radical (unpaired) electrons. The van der Waals surface area contributed by atoms with Gasteiger partial charge < -0.3 is 10.2 Å². The number of aromatic nitrogens is 2. The molecule has 0 atom stereocenters. The van der Waals surface area contributed by atoms with Crippen LogP contribution >= 0.6 is 0 Å². The monoisotopic (exact) mass is 276 g/mol. The van der Waals surface area contributed by atoms with E-state index in [1.807, 2.05) is 0 Å². The minimum atomic E-state index is 0.208. The van der Waals surface area contributed by atoms with Gasteiger partial charge in [0.1, 0.15) is 17.5 Å². The predicted octanol–water partition coefficient (Wildman–Crippen LogP) is 3.63. The molecule has 0 aromatic carbocycles. The molecule has 1 saturated heterocycles. The van der Waals surface area contributed by atoms with Crippen LogP contribution in [-0.4, -0.2) is 28.6 Å². The van der Waals surface area contributed by atoms with Gasteiger partial charge in [-0.25, -0.2) is 9.97 Å². The van der Waals surface area contributed by atoms with Gasteiger partial charge >= 0.3 is 0 Å². The lowest BCUT2D eigenvalue weighted by atomic mass is 10.0. The molecule has 1 aliphatic rings. The van der Waals surface area contributed by atoms with Crippen LogP contribution in [0, 0.1) is 0 Å². The molecule has 0 amide bonds. The normalized spacial score (nSPS) is 17.5. The first-order chi connectivity index (χ1) is 9.56. The largest absolute Gasteiger partial charge is 0.370 e. The predicted molar refractivity (Wildman–Crippen MR) is 85.5 cm³/mol. The standard InChI is InChI=1S/C16H28N4/c1-5-8-13-18-14(17-10-6-2)12-15(19-13)20-11-7-9-16(20,3)4/h12H,5-11H2,1-4H3,(H,17,18,19). The number of nitrogens with zero attached hydrogens (tertiary/aromatic N) is 3. The van der Waals surface area contributed by atoms with E-state index in [0.717, 1.165) is 49.8 Å². The summed E-state index contributed by atoms with van der Waals surface area (Å²) in [5.41, 5.74) is 0.208. The maximum Gasteiger partial charge on any atom is 0.134 e. The van der Waals surface area contributed by atoms with Crippen molar-refractivity contribution < 1.29 is 0 Å². The number of aryl methyl sites for hydroxylation is 1. The molecule has 4 heteroatoms. The van der Waals surface area contributed by atoms with Crippen molar-refractivity contribution in [3.63, 3.8) is 0 Å². The maximum atomic E-state index is 4.78. The number of anilines is 2. The quantitative estimate of drug-likeness (QED) is 0.861. The van der Waals surface area contributed by atoms with E-state index in [-0.39, 0.29) is 5.54 Å². The van der Waals surface area contributed by atoms with Crippen LogP contribution in [-0.2, 0) is 6.42 Å². The third kappa shape index (κ3) is 3.41. The fourth-order valence-corrected chi connectivity index (χ4v) is 2.83. The zero-order valence-electron chi connectivity index (χ0n) is 13.4. The van der Waals surface area contributed by atoms with Gasteiger partial charge in [-0.1, -0.05) is 13.8 Å². The molecular weight excluding hydrogens is 248 g/mol. The molecule has 1 aromatic heterocycles. The molecule has 1 fully saturated rings. The van der Waals surface area contributed by atoms with Crippen LogP contribution in [0.5, 0.6) is 0 Å². The summed E-state index contributed by atoms with van der Waals surface area (Å²) in [7, 11) is 0. The van der Waals surface area contributed by atoms with Gasteiger partial charge in [-0.15, -0.1) is 0 Å². The summed E-state index contributed by atoms with van der Waals surface area (Å²) >= 11 is 0. The SMILES string of the molecule is CCCNc1cc(N2CCCC2(C)C)nc(CCC)n1. The molecule has 20 heavy (non-hydrogen) atoms. The highest BCUT2D eigenvalue weighted by Crippen LogP contribution is 2.33. The van der Waals surface area contributed by atoms with Crippen molar-refractivity contribution >= 4 is 11.6 Å². The van der Waals surface area contributed by atoms with Crippen LogP contribution in [0.2, 0.25) is 0 Å². The van der Waals surface area contributed by atoms with Crippen LogP contribution in [0.25, 0.3) is 0 Å². The Morgan fingerprint density at radius 2 is 2.05 bits per heavy atom. The summed E-state index contributed by atoms with van der Waals surface area (Å²) in [6.07, 6.45) is 5.62. The van der Waals surface area contributed by atoms with Gasteiger partial charge in [0.15, 0.2) is 0 Å². The maximum absolute atomic E-state index is 4.78. The van der Waals surface area contributed by atoms with Gasteiger partial charge in [-0.05, 0) is 39.5 Å². The first-order valence-corrected chi connectivity index (χ1v) is 7.96. The fraction of sp³-hybridized carbons (Fsp3) is 0.750. The summed E-state index contributed by atoms with van der Waals surface area (Å²) in [5, 5.41) is 3.41. The van der Waals surface area contributed by atoms with Crippen LogP contribution in [0.15, 0.2) is 6.07 Å². The van der Waals surface area contributed by atoms with Crippen molar-refractivity contribution in [2.75, 3.05) is 23.3 Å². The topological polar surface area (TPSA) is 41.0 Å². The summed E-state index contributed by atoms with van der Waals surface area (Å²) < 4.78 is 0. The molecule has 1 aromatic rings. The molecule has 4 nitrogen and oxygen atoms in total. The van der Waals surface area contributed by atoms with E-state index >= 15 is 0 Å². The van der Waals surface area contributed by atoms with E-state index in [2.05, 4.69) is 49.0 Å². The first kappa shape index (κ1) is 15.1. The van der Waals surface area contributed by atoms with Gasteiger partial charge in [-0.3, -0.25) is 0 Å². The van der Waals surface area contributed by atoms with Crippen molar-refractivity contribution in [1.29, 1.82) is 0 Å². The summed E-state index contributed by atoms with van der Waals surface area (Å²) in [6, 6.07) is 2.11. The van der Waals surface area contributed by atoms with Gasteiger partial charge in [0.05, 0.1) is 0 Å². The number of nitrogens with one attached hydrogen (secondary N) is 1. The second-order valence-corrected chi connectivity index (χ2v) is 6.27. The summed E-state index contributed by atoms with van der Waals surface area (Å²) in [4.78, 5) is 11.9. The average Bonchev–Trinajstić information content (AvgIpc) is 2.76. The van der Waals surface area contributed by atoms with Crippen LogP contribution in [0.1, 0.15) is 59.2 Å². The highest BCUT2D eigenvalue weighted by Gasteiger charge is 2.33. The molecule has 2 rings (SSSR count). The van der Waals surface area contributed by atoms with E-state index in [0.29, 0.717) is 0 Å². The Labute approximate surface area is 123 Å². The summed E-state index contributed by atoms with van der Waals surface area (Å²) in [6.45, 7) is 11.0. The molecule has 1 aliphatic heterocycles. The number of hydrogen-bond acceptors (Lipinski definition) is 4. The molecule has 0 saturated carbocycles. The van der Waals surface area contributed by atoms with Crippen LogP contribution < -0.4 is 10.2 Å². The molecular formula is C16H28N4. The fourth-order valence-electron chi connectivity index (χ4n) is 2.83. The molecule has 2 heterocycles. The summed E-state index contributed by atoms with van der Waals surface area (Å²) in [5.74, 6) is 3.03. The second kappa shape index (κ2) is 6.42. The van der Waals surface area contributed by atoms with Crippen molar-refractivity contribution in [2.45, 2.75) is 65.3 Å². The smallest absolute Gasteiger partial charge is 0.134 e. The minimum Gasteiger partial charge on any atom is -0.370 e. The molecule has 0 unspecified atom stereocenters. The lowest BCUT2D eigenvalue weighted by Crippen LogP contribution is -2.38. The Hall–Kier alpha value is -1.32. The molecule has 0 aliphatic carbocycles. The third-order valence-electron chi connectivity index (χ3n) is 3.97. The van der Waals surface area contributed by atoms with Gasteiger partial charge in [0, 0.05) is 31.1 Å². The van der Waals surface area contributed by atoms with Gasteiger partial charge in [0.2, 0.25) is 0 Å². The average molecular weight is 276 g/mol. The highest BCUT2D eigenvalue weighted by atomic mass is 15.3. The Kier molecular flexibility index (Phi) is 4.84. The van der Waals surface area contributed by atoms with Crippen molar-refractivity contribution in [3.8, 4) is 0 Å². The van der Waals surface area contributed by atoms with E-state index in [1.54, 1.807) is 0 Å². The van der Waals surface area contributed by atoms with E-state index in [9.17, 15) is 0 Å². The van der Waals surface area contributed by atoms with Crippen LogP contribution in [0.4, 0.5) is 11.6 Å². The van der Waals surface area contributed by atoms with E-state index < -0.39 is 0 Å². The third-order valence-corrected chi connectivity index (χ3v) is 3.97. The van der Waals surface area contributed by atoms with Gasteiger partial charge in [-0.2, -0.15) is 0 Å². The zero-order chi connectivity index (χ0) is 14.6. The molecule has 1 N–H and O–H groups in total. The lowest BCUT2D eigenvalue weighted by Gasteiger charge is -2.33. The van der Waals surface area contributed by atoms with Crippen molar-refractivity contribution in [2.24, 2.45) is 0 Å². The van der Waals surface area contributed by atoms with Crippen molar-refractivity contribution in [3.05, 3.63) is 11.9 Å². The Morgan fingerprint density at radius 1 is 1.25 bits per heavy atom. The Morgan fingerprint density at radius 3 is 2.65 bits per heavy atom. The van der Waals surface area contributed by atoms with Crippen molar-refractivity contribution in [1.82, 2.24) is 9.97 Å². The zero-order valence-corrected chi connectivity index (χ0v) is 13.4. The molecule has 0 spiro atoms. The van der Waals surface area contributed by atoms with E-state index in [1.165, 1.54) is 12.8 Å². The lowest BCUT2D eigenvalue weighted by molar-refractivity contribution is 0.513. The van der Waals surface area contributed by atoms with E-state index in [4.69, 9.17) is 4.98 Å². The Balaban J connectivity index is 2.28. The second-order valence-electron chi connectivity index (χ2n) is 6.27. The minimum absolute atomic E-state index is 0.208. The highest BCUT2D eigenvalue weighted by molar-refractivity contribution is 5.52. The number of rotatable bonds is 6. The van der Waals surface area contributed by atoms with Gasteiger partial charge in [0.25, 0.3) is 0 Å².